The van der Waals surface area contributed by atoms with E-state index in [-0.39, 0.29) is 10.6 Å². The number of aryl methyl sites for hydroxylation is 1. The van der Waals surface area contributed by atoms with Gasteiger partial charge in [-0.1, -0.05) is 29.8 Å². The number of rotatable bonds is 5. The number of para-hydroxylation sites is 1. The molecule has 1 heterocycles. The van der Waals surface area contributed by atoms with E-state index in [1.165, 1.54) is 30.3 Å². The molecule has 27 heavy (non-hydrogen) atoms. The predicted octanol–water partition coefficient (Wildman–Crippen LogP) is 2.05. The van der Waals surface area contributed by atoms with Gasteiger partial charge in [0.1, 0.15) is 0 Å². The lowest BCUT2D eigenvalue weighted by molar-refractivity contribution is 0.0830. The van der Waals surface area contributed by atoms with Gasteiger partial charge in [-0.25, -0.2) is 22.2 Å². The van der Waals surface area contributed by atoms with Crippen LogP contribution in [0, 0.1) is 12.7 Å². The molecule has 0 radical (unpaired) electrons. The largest absolute Gasteiger partial charge is 0.481 e. The molecule has 0 saturated heterocycles. The third-order valence-electron chi connectivity index (χ3n) is 3.78. The molecule has 2 aromatic carbocycles. The summed E-state index contributed by atoms with van der Waals surface area (Å²) in [6.45, 7) is 1.17. The molecule has 3 rings (SSSR count). The Morgan fingerprint density at radius 1 is 1.07 bits per heavy atom. The molecule has 9 heteroatoms. The van der Waals surface area contributed by atoms with Gasteiger partial charge >= 0.3 is 5.69 Å². The maximum Gasteiger partial charge on any atom is 0.349 e. The lowest BCUT2D eigenvalue weighted by atomic mass is 10.2. The molecule has 0 unspecified atom stereocenters. The van der Waals surface area contributed by atoms with Gasteiger partial charge in [-0.2, -0.15) is 3.97 Å². The van der Waals surface area contributed by atoms with Gasteiger partial charge in [0.15, 0.2) is 18.2 Å². The Labute approximate surface area is 154 Å². The molecule has 0 N–H and O–H groups in total. The van der Waals surface area contributed by atoms with Crippen molar-refractivity contribution >= 4 is 15.9 Å². The Morgan fingerprint density at radius 3 is 2.41 bits per heavy atom. The molecule has 0 aliphatic carbocycles. The molecule has 0 atom stereocenters. The Morgan fingerprint density at radius 2 is 1.74 bits per heavy atom. The van der Waals surface area contributed by atoms with Crippen molar-refractivity contribution in [3.8, 4) is 5.75 Å². The number of halogens is 1. The lowest BCUT2D eigenvalue weighted by Crippen LogP contribution is -2.34. The van der Waals surface area contributed by atoms with Crippen LogP contribution in [0.1, 0.15) is 10.4 Å². The second kappa shape index (κ2) is 7.20. The zero-order valence-corrected chi connectivity index (χ0v) is 15.0. The number of carbonyl (C=O) groups is 1. The van der Waals surface area contributed by atoms with Crippen LogP contribution in [0.5, 0.6) is 5.75 Å². The first-order valence-corrected chi connectivity index (χ1v) is 9.27. The average Bonchev–Trinajstić information content (AvgIpc) is 3.03. The van der Waals surface area contributed by atoms with Gasteiger partial charge in [0.05, 0.1) is 4.90 Å². The quantitative estimate of drug-likeness (QED) is 0.665. The zero-order valence-electron chi connectivity index (χ0n) is 14.2. The van der Waals surface area contributed by atoms with E-state index in [9.17, 15) is 22.4 Å². The Kier molecular flexibility index (Phi) is 4.95. The first kappa shape index (κ1) is 18.6. The van der Waals surface area contributed by atoms with Gasteiger partial charge in [0, 0.05) is 12.4 Å². The standard InChI is InChI=1S/C18H15FN2O5S/c1-13-6-8-14(9-7-13)27(24,25)21-11-10-20(18(21)23)17(22)12-26-16-5-3-2-4-15(16)19/h2-11H,12H2,1H3. The van der Waals surface area contributed by atoms with Crippen LogP contribution < -0.4 is 10.4 Å². The van der Waals surface area contributed by atoms with E-state index in [1.807, 2.05) is 0 Å². The molecule has 3 aromatic rings. The summed E-state index contributed by atoms with van der Waals surface area (Å²) < 4.78 is 44.8. The first-order chi connectivity index (χ1) is 12.8. The summed E-state index contributed by atoms with van der Waals surface area (Å²) in [5, 5.41) is 0. The van der Waals surface area contributed by atoms with Crippen molar-refractivity contribution in [3.63, 3.8) is 0 Å². The molecule has 140 valence electrons. The van der Waals surface area contributed by atoms with Crippen LogP contribution in [-0.4, -0.2) is 29.5 Å². The third kappa shape index (κ3) is 3.68. The van der Waals surface area contributed by atoms with Gasteiger partial charge in [-0.05, 0) is 31.2 Å². The smallest absolute Gasteiger partial charge is 0.349 e. The SMILES string of the molecule is Cc1ccc(S(=O)(=O)n2ccn(C(=O)COc3ccccc3F)c2=O)cc1. The second-order valence-corrected chi connectivity index (χ2v) is 7.49. The maximum absolute atomic E-state index is 13.5. The van der Waals surface area contributed by atoms with Crippen molar-refractivity contribution in [2.45, 2.75) is 11.8 Å². The highest BCUT2D eigenvalue weighted by Crippen LogP contribution is 2.15. The normalized spacial score (nSPS) is 11.3. The predicted molar refractivity (Wildman–Crippen MR) is 95.0 cm³/mol. The van der Waals surface area contributed by atoms with E-state index < -0.39 is 34.0 Å². The fraction of sp³-hybridized carbons (Fsp3) is 0.111. The van der Waals surface area contributed by atoms with Crippen molar-refractivity contribution in [1.29, 1.82) is 0 Å². The first-order valence-electron chi connectivity index (χ1n) is 7.83. The van der Waals surface area contributed by atoms with Crippen LogP contribution in [-0.2, 0) is 10.0 Å². The van der Waals surface area contributed by atoms with Crippen LogP contribution >= 0.6 is 0 Å². The van der Waals surface area contributed by atoms with Gasteiger partial charge in [-0.3, -0.25) is 4.79 Å². The second-order valence-electron chi connectivity index (χ2n) is 5.68. The van der Waals surface area contributed by atoms with Crippen molar-refractivity contribution in [1.82, 2.24) is 8.54 Å². The highest BCUT2D eigenvalue weighted by atomic mass is 32.2. The molecule has 0 saturated carbocycles. The molecular formula is C18H15FN2O5S. The highest BCUT2D eigenvalue weighted by Gasteiger charge is 2.22. The molecule has 0 fully saturated rings. The minimum Gasteiger partial charge on any atom is -0.481 e. The van der Waals surface area contributed by atoms with Crippen molar-refractivity contribution < 1.29 is 22.3 Å². The van der Waals surface area contributed by atoms with E-state index in [0.717, 1.165) is 24.0 Å². The number of hydrogen-bond acceptors (Lipinski definition) is 5. The Hall–Kier alpha value is -3.20. The summed E-state index contributed by atoms with van der Waals surface area (Å²) in [6, 6.07) is 11.4. The monoisotopic (exact) mass is 390 g/mol. The van der Waals surface area contributed by atoms with E-state index in [2.05, 4.69) is 0 Å². The van der Waals surface area contributed by atoms with Crippen molar-refractivity contribution in [3.05, 3.63) is 82.8 Å². The Balaban J connectivity index is 1.84. The molecule has 7 nitrogen and oxygen atoms in total. The van der Waals surface area contributed by atoms with Gasteiger partial charge < -0.3 is 4.74 Å². The highest BCUT2D eigenvalue weighted by molar-refractivity contribution is 7.90. The van der Waals surface area contributed by atoms with E-state index in [4.69, 9.17) is 4.74 Å². The third-order valence-corrected chi connectivity index (χ3v) is 5.44. The minimum absolute atomic E-state index is 0.0806. The van der Waals surface area contributed by atoms with Gasteiger partial charge in [0.2, 0.25) is 0 Å². The molecule has 0 bridgehead atoms. The van der Waals surface area contributed by atoms with Crippen LogP contribution in [0.4, 0.5) is 4.39 Å². The molecule has 0 aliphatic heterocycles. The van der Waals surface area contributed by atoms with Crippen molar-refractivity contribution in [2.75, 3.05) is 6.61 Å². The number of ether oxygens (including phenoxy) is 1. The summed E-state index contributed by atoms with van der Waals surface area (Å²) in [6.07, 6.45) is 2.01. The molecule has 0 amide bonds. The summed E-state index contributed by atoms with van der Waals surface area (Å²) in [7, 11) is -4.14. The number of benzene rings is 2. The van der Waals surface area contributed by atoms with Crippen LogP contribution in [0.3, 0.4) is 0 Å². The van der Waals surface area contributed by atoms with Gasteiger partial charge in [0.25, 0.3) is 15.9 Å². The number of aromatic nitrogens is 2. The van der Waals surface area contributed by atoms with Crippen LogP contribution in [0.25, 0.3) is 0 Å². The summed E-state index contributed by atoms with van der Waals surface area (Å²) in [5.41, 5.74) is -0.197. The van der Waals surface area contributed by atoms with Crippen LogP contribution in [0.2, 0.25) is 0 Å². The fourth-order valence-corrected chi connectivity index (χ4v) is 3.54. The minimum atomic E-state index is -4.14. The molecule has 1 aromatic heterocycles. The summed E-state index contributed by atoms with van der Waals surface area (Å²) >= 11 is 0. The lowest BCUT2D eigenvalue weighted by Gasteiger charge is -2.06. The number of carbonyl (C=O) groups excluding carboxylic acids is 1. The van der Waals surface area contributed by atoms with E-state index >= 15 is 0 Å². The number of imidazole rings is 1. The molecular weight excluding hydrogens is 375 g/mol. The van der Waals surface area contributed by atoms with Crippen LogP contribution in [0.15, 0.2) is 70.6 Å². The fourth-order valence-electron chi connectivity index (χ4n) is 2.33. The topological polar surface area (TPSA) is 87.4 Å². The van der Waals surface area contributed by atoms with E-state index in [0.29, 0.717) is 8.54 Å². The summed E-state index contributed by atoms with van der Waals surface area (Å²) in [5.74, 6) is -1.64. The molecule has 0 spiro atoms. The Bertz CT molecular complexity index is 1150. The number of hydrogen-bond donors (Lipinski definition) is 0. The summed E-state index contributed by atoms with van der Waals surface area (Å²) in [4.78, 5) is 24.5. The molecule has 0 aliphatic rings. The van der Waals surface area contributed by atoms with E-state index in [1.54, 1.807) is 19.1 Å². The number of nitrogens with zero attached hydrogens (tertiary/aromatic N) is 2. The van der Waals surface area contributed by atoms with Gasteiger partial charge in [-0.15, -0.1) is 0 Å². The average molecular weight is 390 g/mol. The zero-order chi connectivity index (χ0) is 19.6. The maximum atomic E-state index is 13.5. The van der Waals surface area contributed by atoms with Crippen molar-refractivity contribution in [2.24, 2.45) is 0 Å².